The summed E-state index contributed by atoms with van der Waals surface area (Å²) in [5, 5.41) is 15.4. The van der Waals surface area contributed by atoms with Gasteiger partial charge < -0.3 is 15.5 Å². The van der Waals surface area contributed by atoms with Crippen LogP contribution in [0.1, 0.15) is 24.8 Å². The molecule has 1 fully saturated rings. The average Bonchev–Trinajstić information content (AvgIpc) is 3.02. The Hall–Kier alpha value is -2.52. The van der Waals surface area contributed by atoms with Crippen molar-refractivity contribution in [1.29, 1.82) is 5.26 Å². The van der Waals surface area contributed by atoms with Crippen LogP contribution in [0.3, 0.4) is 0 Å². The Morgan fingerprint density at radius 2 is 2.20 bits per heavy atom. The number of carbonyl (C=O) groups excluding carboxylic acids is 2. The first-order valence-electron chi connectivity index (χ1n) is 8.25. The van der Waals surface area contributed by atoms with Crippen LogP contribution in [0.25, 0.3) is 0 Å². The third-order valence-electron chi connectivity index (χ3n) is 3.92. The third kappa shape index (κ3) is 5.80. The van der Waals surface area contributed by atoms with Crippen molar-refractivity contribution < 1.29 is 9.59 Å². The zero-order valence-electron chi connectivity index (χ0n) is 13.9. The van der Waals surface area contributed by atoms with Crippen LogP contribution in [0.15, 0.2) is 36.0 Å². The quantitative estimate of drug-likeness (QED) is 0.421. The second-order valence-corrected chi connectivity index (χ2v) is 6.14. The fraction of sp³-hybridized carbons (Fsp3) is 0.389. The van der Waals surface area contributed by atoms with Crippen molar-refractivity contribution in [1.82, 2.24) is 15.5 Å². The molecule has 132 valence electrons. The minimum absolute atomic E-state index is 0.00398. The number of likely N-dealkylation sites (tertiary alicyclic amines) is 1. The predicted octanol–water partition coefficient (Wildman–Crippen LogP) is 1.97. The lowest BCUT2D eigenvalue weighted by molar-refractivity contribution is -0.127. The van der Waals surface area contributed by atoms with E-state index in [-0.39, 0.29) is 11.5 Å². The van der Waals surface area contributed by atoms with Crippen LogP contribution in [0.2, 0.25) is 5.02 Å². The van der Waals surface area contributed by atoms with E-state index in [1.165, 1.54) is 6.20 Å². The Bertz CT molecular complexity index is 697. The molecule has 0 bridgehead atoms. The van der Waals surface area contributed by atoms with Crippen LogP contribution < -0.4 is 10.6 Å². The first-order valence-corrected chi connectivity index (χ1v) is 8.62. The number of nitrogens with zero attached hydrogens (tertiary/aromatic N) is 2. The van der Waals surface area contributed by atoms with Crippen LogP contribution in [-0.4, -0.2) is 36.3 Å². The highest BCUT2D eigenvalue weighted by molar-refractivity contribution is 6.31. The predicted molar refractivity (Wildman–Crippen MR) is 95.4 cm³/mol. The van der Waals surface area contributed by atoms with Gasteiger partial charge in [0.1, 0.15) is 11.6 Å². The molecule has 2 amide bonds. The van der Waals surface area contributed by atoms with Gasteiger partial charge in [-0.25, -0.2) is 0 Å². The van der Waals surface area contributed by atoms with Crippen molar-refractivity contribution in [2.24, 2.45) is 0 Å². The standard InChI is InChI=1S/C18H21ClN4O2/c19-16-6-2-1-5-14(16)12-21-13-15(11-20)18(25)22-8-4-10-23-9-3-7-17(23)24/h1-2,5-6,13,21H,3-4,7-10,12H2,(H,22,25)/b15-13-. The number of hydrogen-bond donors (Lipinski definition) is 2. The van der Waals surface area contributed by atoms with Crippen molar-refractivity contribution in [3.63, 3.8) is 0 Å². The molecular weight excluding hydrogens is 340 g/mol. The largest absolute Gasteiger partial charge is 0.386 e. The number of carbonyl (C=O) groups is 2. The molecule has 0 atom stereocenters. The van der Waals surface area contributed by atoms with Crippen LogP contribution in [0.5, 0.6) is 0 Å². The molecule has 1 aliphatic heterocycles. The monoisotopic (exact) mass is 360 g/mol. The van der Waals surface area contributed by atoms with Crippen molar-refractivity contribution in [3.05, 3.63) is 46.6 Å². The van der Waals surface area contributed by atoms with E-state index in [2.05, 4.69) is 10.6 Å². The average molecular weight is 361 g/mol. The van der Waals surface area contributed by atoms with E-state index >= 15 is 0 Å². The second-order valence-electron chi connectivity index (χ2n) is 5.74. The van der Waals surface area contributed by atoms with Gasteiger partial charge in [0, 0.05) is 43.8 Å². The maximum Gasteiger partial charge on any atom is 0.263 e. The maximum atomic E-state index is 12.0. The molecule has 0 unspecified atom stereocenters. The van der Waals surface area contributed by atoms with Gasteiger partial charge in [-0.05, 0) is 24.5 Å². The van der Waals surface area contributed by atoms with Crippen LogP contribution in [0, 0.1) is 11.3 Å². The summed E-state index contributed by atoms with van der Waals surface area (Å²) in [6.45, 7) is 2.28. The number of halogens is 1. The van der Waals surface area contributed by atoms with E-state index in [1.807, 2.05) is 24.3 Å². The van der Waals surface area contributed by atoms with Gasteiger partial charge in [0.2, 0.25) is 5.91 Å². The van der Waals surface area contributed by atoms with Gasteiger partial charge in [-0.2, -0.15) is 5.26 Å². The summed E-state index contributed by atoms with van der Waals surface area (Å²) >= 11 is 6.05. The molecule has 7 heteroatoms. The molecule has 1 aromatic rings. The molecule has 1 heterocycles. The Morgan fingerprint density at radius 1 is 1.40 bits per heavy atom. The molecule has 1 saturated heterocycles. The summed E-state index contributed by atoms with van der Waals surface area (Å²) in [4.78, 5) is 25.3. The summed E-state index contributed by atoms with van der Waals surface area (Å²) in [6.07, 6.45) is 3.58. The van der Waals surface area contributed by atoms with Crippen molar-refractivity contribution >= 4 is 23.4 Å². The number of nitrogens with one attached hydrogen (secondary N) is 2. The van der Waals surface area contributed by atoms with E-state index < -0.39 is 5.91 Å². The molecule has 1 aromatic carbocycles. The van der Waals surface area contributed by atoms with E-state index in [0.717, 1.165) is 18.5 Å². The summed E-state index contributed by atoms with van der Waals surface area (Å²) in [5.41, 5.74) is 0.887. The van der Waals surface area contributed by atoms with Crippen molar-refractivity contribution in [3.8, 4) is 6.07 Å². The summed E-state index contributed by atoms with van der Waals surface area (Å²) in [7, 11) is 0. The molecule has 0 spiro atoms. The SMILES string of the molecule is N#C/C(=C/NCc1ccccc1Cl)C(=O)NCCCN1CCCC1=O. The fourth-order valence-corrected chi connectivity index (χ4v) is 2.76. The molecular formula is C18H21ClN4O2. The molecule has 2 N–H and O–H groups in total. The minimum Gasteiger partial charge on any atom is -0.386 e. The number of hydrogen-bond acceptors (Lipinski definition) is 4. The van der Waals surface area contributed by atoms with Crippen LogP contribution in [-0.2, 0) is 16.1 Å². The van der Waals surface area contributed by atoms with Gasteiger partial charge in [-0.15, -0.1) is 0 Å². The van der Waals surface area contributed by atoms with Crippen molar-refractivity contribution in [2.75, 3.05) is 19.6 Å². The van der Waals surface area contributed by atoms with Gasteiger partial charge in [0.25, 0.3) is 5.91 Å². The molecule has 25 heavy (non-hydrogen) atoms. The lowest BCUT2D eigenvalue weighted by Gasteiger charge is -2.15. The van der Waals surface area contributed by atoms with E-state index in [9.17, 15) is 9.59 Å². The molecule has 0 aliphatic carbocycles. The van der Waals surface area contributed by atoms with Gasteiger partial charge in [0.05, 0.1) is 0 Å². The van der Waals surface area contributed by atoms with Crippen LogP contribution >= 0.6 is 11.6 Å². The number of rotatable bonds is 8. The molecule has 0 saturated carbocycles. The first-order chi connectivity index (χ1) is 12.1. The number of benzene rings is 1. The summed E-state index contributed by atoms with van der Waals surface area (Å²) in [6, 6.07) is 9.24. The van der Waals surface area contributed by atoms with E-state index in [0.29, 0.717) is 37.5 Å². The Morgan fingerprint density at radius 3 is 2.88 bits per heavy atom. The molecule has 0 radical (unpaired) electrons. The topological polar surface area (TPSA) is 85.2 Å². The lowest BCUT2D eigenvalue weighted by atomic mass is 10.2. The first kappa shape index (κ1) is 18.8. The van der Waals surface area contributed by atoms with Crippen LogP contribution in [0.4, 0.5) is 0 Å². The Labute approximate surface area is 152 Å². The van der Waals surface area contributed by atoms with E-state index in [1.54, 1.807) is 11.0 Å². The van der Waals surface area contributed by atoms with E-state index in [4.69, 9.17) is 16.9 Å². The van der Waals surface area contributed by atoms with Crippen molar-refractivity contribution in [2.45, 2.75) is 25.8 Å². The Kier molecular flexibility index (Phi) is 7.30. The minimum atomic E-state index is -0.429. The number of amides is 2. The third-order valence-corrected chi connectivity index (χ3v) is 4.29. The zero-order valence-corrected chi connectivity index (χ0v) is 14.7. The zero-order chi connectivity index (χ0) is 18.1. The van der Waals surface area contributed by atoms with Gasteiger partial charge in [-0.1, -0.05) is 29.8 Å². The molecule has 6 nitrogen and oxygen atoms in total. The van der Waals surface area contributed by atoms with Gasteiger partial charge in [-0.3, -0.25) is 9.59 Å². The molecule has 1 aliphatic rings. The maximum absolute atomic E-state index is 12.0. The summed E-state index contributed by atoms with van der Waals surface area (Å²) < 4.78 is 0. The summed E-state index contributed by atoms with van der Waals surface area (Å²) in [5.74, 6) is -0.255. The Balaban J connectivity index is 1.73. The highest BCUT2D eigenvalue weighted by Crippen LogP contribution is 2.14. The molecule has 2 rings (SSSR count). The normalized spacial score (nSPS) is 14.3. The smallest absolute Gasteiger partial charge is 0.263 e. The molecule has 0 aromatic heterocycles. The van der Waals surface area contributed by atoms with Gasteiger partial charge >= 0.3 is 0 Å². The van der Waals surface area contributed by atoms with Gasteiger partial charge in [0.15, 0.2) is 0 Å². The number of nitriles is 1. The fourth-order valence-electron chi connectivity index (χ4n) is 2.56. The highest BCUT2D eigenvalue weighted by Gasteiger charge is 2.19. The highest BCUT2D eigenvalue weighted by atomic mass is 35.5. The lowest BCUT2D eigenvalue weighted by Crippen LogP contribution is -2.31. The second kappa shape index (κ2) is 9.70.